The van der Waals surface area contributed by atoms with Gasteiger partial charge in [0.15, 0.2) is 0 Å². The van der Waals surface area contributed by atoms with Gasteiger partial charge >= 0.3 is 12.5 Å². The molecule has 1 aliphatic rings. The van der Waals surface area contributed by atoms with E-state index in [4.69, 9.17) is 13.9 Å². The molecule has 2 heterocycles. The molecule has 41 heavy (non-hydrogen) atoms. The van der Waals surface area contributed by atoms with Crippen molar-refractivity contribution in [3.05, 3.63) is 82.7 Å². The topological polar surface area (TPSA) is 102 Å². The standard InChI is InChI=1S/C29H25F3N2O7/c1-38-20-8-6-18(7-9-20)22-17-39-25-15-21(14-23(35)26(25)27(22)36)40-28(37)34-12-10-33(11-13-34)16-19-4-2-3-5-24(19)41-29(30,31)32/h2-9,14-15,17,35H,10-13,16H2,1H3. The Bertz CT molecular complexity index is 1610. The van der Waals surface area contributed by atoms with E-state index in [1.54, 1.807) is 36.4 Å². The van der Waals surface area contributed by atoms with E-state index in [2.05, 4.69) is 4.74 Å². The van der Waals surface area contributed by atoms with Crippen molar-refractivity contribution in [3.8, 4) is 34.1 Å². The molecule has 1 amide bonds. The number of phenols is 1. The van der Waals surface area contributed by atoms with Gasteiger partial charge in [0, 0.05) is 50.4 Å². The van der Waals surface area contributed by atoms with Crippen LogP contribution in [0.4, 0.5) is 18.0 Å². The second kappa shape index (κ2) is 11.4. The lowest BCUT2D eigenvalue weighted by Crippen LogP contribution is -2.49. The lowest BCUT2D eigenvalue weighted by molar-refractivity contribution is -0.275. The lowest BCUT2D eigenvalue weighted by Gasteiger charge is -2.34. The number of carbonyl (C=O) groups excluding carboxylic acids is 1. The molecule has 1 saturated heterocycles. The van der Waals surface area contributed by atoms with Crippen LogP contribution < -0.4 is 19.6 Å². The second-order valence-corrected chi connectivity index (χ2v) is 9.31. The first-order valence-electron chi connectivity index (χ1n) is 12.6. The summed E-state index contributed by atoms with van der Waals surface area (Å²) in [7, 11) is 1.53. The van der Waals surface area contributed by atoms with Crippen LogP contribution in [0.3, 0.4) is 0 Å². The summed E-state index contributed by atoms with van der Waals surface area (Å²) in [6.07, 6.45) is -4.20. The molecule has 9 nitrogen and oxygen atoms in total. The Labute approximate surface area is 231 Å². The molecule has 0 aliphatic carbocycles. The molecule has 214 valence electrons. The van der Waals surface area contributed by atoms with Gasteiger partial charge in [0.05, 0.1) is 12.7 Å². The fourth-order valence-electron chi connectivity index (χ4n) is 4.59. The zero-order chi connectivity index (χ0) is 29.1. The number of alkyl halides is 3. The smallest absolute Gasteiger partial charge is 0.507 e. The molecule has 1 aromatic heterocycles. The van der Waals surface area contributed by atoms with Gasteiger partial charge in [-0.1, -0.05) is 30.3 Å². The highest BCUT2D eigenvalue weighted by Crippen LogP contribution is 2.31. The van der Waals surface area contributed by atoms with Crippen molar-refractivity contribution in [1.82, 2.24) is 9.80 Å². The SMILES string of the molecule is COc1ccc(-c2coc3cc(OC(=O)N4CCN(Cc5ccccc5OC(F)(F)F)CC4)cc(O)c3c2=O)cc1. The average molecular weight is 571 g/mol. The minimum Gasteiger partial charge on any atom is -0.507 e. The third kappa shape index (κ3) is 6.38. The minimum absolute atomic E-state index is 0.0130. The van der Waals surface area contributed by atoms with E-state index in [1.807, 2.05) is 4.90 Å². The van der Waals surface area contributed by atoms with E-state index < -0.39 is 23.6 Å². The predicted molar refractivity (Wildman–Crippen MR) is 142 cm³/mol. The molecular weight excluding hydrogens is 545 g/mol. The molecule has 0 atom stereocenters. The van der Waals surface area contributed by atoms with E-state index in [0.717, 1.165) is 0 Å². The number of fused-ring (bicyclic) bond motifs is 1. The number of hydrogen-bond donors (Lipinski definition) is 1. The molecule has 0 radical (unpaired) electrons. The Morgan fingerprint density at radius 1 is 1.00 bits per heavy atom. The van der Waals surface area contributed by atoms with Gasteiger partial charge in [-0.15, -0.1) is 13.2 Å². The van der Waals surface area contributed by atoms with Crippen molar-refractivity contribution in [3.63, 3.8) is 0 Å². The number of hydrogen-bond acceptors (Lipinski definition) is 8. The Morgan fingerprint density at radius 2 is 1.71 bits per heavy atom. The Morgan fingerprint density at radius 3 is 2.39 bits per heavy atom. The van der Waals surface area contributed by atoms with Crippen LogP contribution in [0.2, 0.25) is 0 Å². The van der Waals surface area contributed by atoms with Crippen molar-refractivity contribution in [2.45, 2.75) is 12.9 Å². The molecule has 12 heteroatoms. The van der Waals surface area contributed by atoms with Gasteiger partial charge < -0.3 is 28.6 Å². The number of methoxy groups -OCH3 is 1. The van der Waals surface area contributed by atoms with Crippen LogP contribution >= 0.6 is 0 Å². The first-order valence-corrected chi connectivity index (χ1v) is 12.6. The van der Waals surface area contributed by atoms with Crippen molar-refractivity contribution in [2.24, 2.45) is 0 Å². The third-order valence-corrected chi connectivity index (χ3v) is 6.66. The van der Waals surface area contributed by atoms with Gasteiger partial charge in [-0.3, -0.25) is 9.69 Å². The molecule has 1 fully saturated rings. The largest absolute Gasteiger partial charge is 0.573 e. The summed E-state index contributed by atoms with van der Waals surface area (Å²) in [5.41, 5.74) is 0.784. The summed E-state index contributed by atoms with van der Waals surface area (Å²) >= 11 is 0. The lowest BCUT2D eigenvalue weighted by atomic mass is 10.0. The third-order valence-electron chi connectivity index (χ3n) is 6.66. The van der Waals surface area contributed by atoms with Crippen LogP contribution in [0.15, 0.2) is 76.1 Å². The molecule has 1 N–H and O–H groups in total. The first-order chi connectivity index (χ1) is 19.6. The van der Waals surface area contributed by atoms with Crippen LogP contribution in [0.1, 0.15) is 5.56 Å². The fourth-order valence-corrected chi connectivity index (χ4v) is 4.59. The zero-order valence-corrected chi connectivity index (χ0v) is 21.8. The molecular formula is C29H25F3N2O7. The molecule has 0 spiro atoms. The van der Waals surface area contributed by atoms with Crippen molar-refractivity contribution < 1.29 is 41.7 Å². The summed E-state index contributed by atoms with van der Waals surface area (Å²) in [5, 5.41) is 10.6. The monoisotopic (exact) mass is 570 g/mol. The average Bonchev–Trinajstić information content (AvgIpc) is 2.94. The highest BCUT2D eigenvalue weighted by molar-refractivity contribution is 5.88. The fraction of sp³-hybridized carbons (Fsp3) is 0.241. The van der Waals surface area contributed by atoms with Gasteiger partial charge in [0.25, 0.3) is 0 Å². The van der Waals surface area contributed by atoms with Crippen molar-refractivity contribution >= 4 is 17.1 Å². The Hall–Kier alpha value is -4.71. The Kier molecular flexibility index (Phi) is 7.75. The number of rotatable bonds is 6. The normalized spacial score (nSPS) is 14.2. The van der Waals surface area contributed by atoms with Gasteiger partial charge in [-0.2, -0.15) is 0 Å². The maximum Gasteiger partial charge on any atom is 0.573 e. The van der Waals surface area contributed by atoms with Crippen molar-refractivity contribution in [2.75, 3.05) is 33.3 Å². The number of halogens is 3. The highest BCUT2D eigenvalue weighted by atomic mass is 19.4. The van der Waals surface area contributed by atoms with Gasteiger partial charge in [-0.25, -0.2) is 4.79 Å². The van der Waals surface area contributed by atoms with E-state index in [0.29, 0.717) is 30.0 Å². The number of nitrogens with zero attached hydrogens (tertiary/aromatic N) is 2. The zero-order valence-electron chi connectivity index (χ0n) is 21.8. The number of para-hydroxylation sites is 1. The number of carbonyl (C=O) groups is 1. The van der Waals surface area contributed by atoms with Gasteiger partial charge in [0.1, 0.15) is 40.2 Å². The molecule has 4 aromatic rings. The van der Waals surface area contributed by atoms with E-state index in [1.165, 1.54) is 42.5 Å². The summed E-state index contributed by atoms with van der Waals surface area (Å²) < 4.78 is 58.5. The maximum atomic E-state index is 13.1. The molecule has 1 aliphatic heterocycles. The van der Waals surface area contributed by atoms with Crippen LogP contribution in [0.5, 0.6) is 23.0 Å². The number of aromatic hydroxyl groups is 1. The van der Waals surface area contributed by atoms with E-state index in [9.17, 15) is 27.9 Å². The first kappa shape index (κ1) is 27.8. The second-order valence-electron chi connectivity index (χ2n) is 9.31. The molecule has 0 bridgehead atoms. The molecule has 0 unspecified atom stereocenters. The minimum atomic E-state index is -4.79. The number of phenolic OH excluding ortho intramolecular Hbond substituents is 1. The highest BCUT2D eigenvalue weighted by Gasteiger charge is 2.32. The predicted octanol–water partition coefficient (Wildman–Crippen LogP) is 5.39. The van der Waals surface area contributed by atoms with Crippen molar-refractivity contribution in [1.29, 1.82) is 0 Å². The number of benzene rings is 3. The number of ether oxygens (including phenoxy) is 3. The molecule has 3 aromatic carbocycles. The maximum absolute atomic E-state index is 13.1. The van der Waals surface area contributed by atoms with E-state index in [-0.39, 0.29) is 47.7 Å². The summed E-state index contributed by atoms with van der Waals surface area (Å²) in [4.78, 5) is 29.3. The number of piperazine rings is 1. The van der Waals surface area contributed by atoms with Crippen LogP contribution in [0.25, 0.3) is 22.1 Å². The molecule has 5 rings (SSSR count). The van der Waals surface area contributed by atoms with E-state index >= 15 is 0 Å². The van der Waals surface area contributed by atoms with Gasteiger partial charge in [0.2, 0.25) is 5.43 Å². The summed E-state index contributed by atoms with van der Waals surface area (Å²) in [6, 6.07) is 15.2. The van der Waals surface area contributed by atoms with Crippen LogP contribution in [0, 0.1) is 0 Å². The number of amides is 1. The summed E-state index contributed by atoms with van der Waals surface area (Å²) in [5.74, 6) is -0.0591. The Balaban J connectivity index is 1.24. The van der Waals surface area contributed by atoms with Crippen LogP contribution in [-0.4, -0.2) is 60.7 Å². The van der Waals surface area contributed by atoms with Gasteiger partial charge in [-0.05, 0) is 23.8 Å². The van der Waals surface area contributed by atoms with Crippen LogP contribution in [-0.2, 0) is 6.54 Å². The molecule has 0 saturated carbocycles. The quantitative estimate of drug-likeness (QED) is 0.329. The summed E-state index contributed by atoms with van der Waals surface area (Å²) in [6.45, 7) is 1.52.